The Morgan fingerprint density at radius 3 is 3.00 bits per heavy atom. The molecule has 0 bridgehead atoms. The third-order valence-corrected chi connectivity index (χ3v) is 3.38. The number of anilines is 1. The average molecular weight is 286 g/mol. The Morgan fingerprint density at radius 1 is 1.30 bits per heavy atom. The van der Waals surface area contributed by atoms with Crippen molar-refractivity contribution in [3.8, 4) is 0 Å². The zero-order valence-corrected chi connectivity index (χ0v) is 11.5. The van der Waals surface area contributed by atoms with Gasteiger partial charge in [-0.25, -0.2) is 4.98 Å². The number of hydrogen-bond donors (Lipinski definition) is 2. The molecule has 0 aliphatic carbocycles. The summed E-state index contributed by atoms with van der Waals surface area (Å²) >= 11 is 5.96. The predicted molar refractivity (Wildman–Crippen MR) is 80.2 cm³/mol. The summed E-state index contributed by atoms with van der Waals surface area (Å²) in [4.78, 5) is 19.5. The fourth-order valence-corrected chi connectivity index (χ4v) is 2.24. The van der Waals surface area contributed by atoms with Gasteiger partial charge in [0.25, 0.3) is 5.91 Å². The third-order valence-electron chi connectivity index (χ3n) is 3.14. The van der Waals surface area contributed by atoms with E-state index in [0.717, 1.165) is 11.1 Å². The van der Waals surface area contributed by atoms with Crippen LogP contribution < -0.4 is 5.32 Å². The normalized spacial score (nSPS) is 10.7. The van der Waals surface area contributed by atoms with Crippen LogP contribution in [-0.2, 0) is 0 Å². The molecule has 0 atom stereocenters. The Hall–Kier alpha value is -2.33. The smallest absolute Gasteiger partial charge is 0.257 e. The number of amides is 1. The van der Waals surface area contributed by atoms with Crippen LogP contribution in [0.1, 0.15) is 15.9 Å². The van der Waals surface area contributed by atoms with Gasteiger partial charge >= 0.3 is 0 Å². The molecule has 0 unspecified atom stereocenters. The SMILES string of the molecule is Cc1ccc(Cl)cc1NC(=O)c1cccc2[nH]cnc12. The monoisotopic (exact) mass is 285 g/mol. The van der Waals surface area contributed by atoms with Gasteiger partial charge in [-0.1, -0.05) is 23.7 Å². The van der Waals surface area contributed by atoms with Crippen molar-refractivity contribution in [3.63, 3.8) is 0 Å². The number of fused-ring (bicyclic) bond motifs is 1. The van der Waals surface area contributed by atoms with E-state index < -0.39 is 0 Å². The van der Waals surface area contributed by atoms with Crippen LogP contribution in [0.4, 0.5) is 5.69 Å². The van der Waals surface area contributed by atoms with Crippen LogP contribution in [0.2, 0.25) is 5.02 Å². The molecule has 100 valence electrons. The molecule has 20 heavy (non-hydrogen) atoms. The molecule has 0 aliphatic rings. The molecule has 3 rings (SSSR count). The maximum Gasteiger partial charge on any atom is 0.257 e. The number of aryl methyl sites for hydroxylation is 1. The fourth-order valence-electron chi connectivity index (χ4n) is 2.07. The number of carbonyl (C=O) groups is 1. The van der Waals surface area contributed by atoms with Crippen LogP contribution in [0.3, 0.4) is 0 Å². The van der Waals surface area contributed by atoms with Gasteiger partial charge in [0.05, 0.1) is 17.4 Å². The summed E-state index contributed by atoms with van der Waals surface area (Å²) in [5.41, 5.74) is 3.68. The second kappa shape index (κ2) is 4.98. The molecule has 1 amide bonds. The molecule has 0 radical (unpaired) electrons. The highest BCUT2D eigenvalue weighted by atomic mass is 35.5. The molecule has 5 heteroatoms. The van der Waals surface area contributed by atoms with E-state index in [4.69, 9.17) is 11.6 Å². The number of imidazole rings is 1. The average Bonchev–Trinajstić information content (AvgIpc) is 2.91. The number of halogens is 1. The van der Waals surface area contributed by atoms with Gasteiger partial charge in [0.2, 0.25) is 0 Å². The van der Waals surface area contributed by atoms with Crippen molar-refractivity contribution in [1.82, 2.24) is 9.97 Å². The predicted octanol–water partition coefficient (Wildman–Crippen LogP) is 3.78. The Kier molecular flexibility index (Phi) is 3.16. The summed E-state index contributed by atoms with van der Waals surface area (Å²) < 4.78 is 0. The first-order valence-corrected chi connectivity index (χ1v) is 6.52. The maximum atomic E-state index is 12.4. The largest absolute Gasteiger partial charge is 0.345 e. The lowest BCUT2D eigenvalue weighted by Crippen LogP contribution is -2.13. The highest BCUT2D eigenvalue weighted by Crippen LogP contribution is 2.22. The number of nitrogens with one attached hydrogen (secondary N) is 2. The van der Waals surface area contributed by atoms with Gasteiger partial charge in [-0.05, 0) is 36.8 Å². The van der Waals surface area contributed by atoms with Gasteiger partial charge in [-0.15, -0.1) is 0 Å². The molecule has 0 aliphatic heterocycles. The van der Waals surface area contributed by atoms with Crippen molar-refractivity contribution in [2.45, 2.75) is 6.92 Å². The van der Waals surface area contributed by atoms with Crippen molar-refractivity contribution < 1.29 is 4.79 Å². The van der Waals surface area contributed by atoms with Gasteiger partial charge < -0.3 is 10.3 Å². The number of carbonyl (C=O) groups excluding carboxylic acids is 1. The van der Waals surface area contributed by atoms with E-state index in [1.54, 1.807) is 24.5 Å². The van der Waals surface area contributed by atoms with E-state index in [0.29, 0.717) is 21.8 Å². The van der Waals surface area contributed by atoms with E-state index in [9.17, 15) is 4.79 Å². The number of aromatic amines is 1. The van der Waals surface area contributed by atoms with E-state index >= 15 is 0 Å². The number of hydrogen-bond acceptors (Lipinski definition) is 2. The number of rotatable bonds is 2. The quantitative estimate of drug-likeness (QED) is 0.753. The van der Waals surface area contributed by atoms with Gasteiger partial charge in [0.1, 0.15) is 5.52 Å². The molecule has 1 heterocycles. The minimum absolute atomic E-state index is 0.201. The van der Waals surface area contributed by atoms with E-state index in [2.05, 4.69) is 15.3 Å². The third kappa shape index (κ3) is 2.26. The summed E-state index contributed by atoms with van der Waals surface area (Å²) in [6, 6.07) is 10.8. The lowest BCUT2D eigenvalue weighted by molar-refractivity contribution is 0.102. The summed E-state index contributed by atoms with van der Waals surface area (Å²) in [5.74, 6) is -0.201. The van der Waals surface area contributed by atoms with Gasteiger partial charge in [0, 0.05) is 10.7 Å². The first kappa shape index (κ1) is 12.7. The number of para-hydroxylation sites is 1. The Labute approximate surface area is 120 Å². The first-order chi connectivity index (χ1) is 9.65. The summed E-state index contributed by atoms with van der Waals surface area (Å²) in [6.07, 6.45) is 1.58. The molecule has 2 N–H and O–H groups in total. The molecule has 1 aromatic heterocycles. The number of nitrogens with zero attached hydrogens (tertiary/aromatic N) is 1. The molecule has 4 nitrogen and oxygen atoms in total. The summed E-state index contributed by atoms with van der Waals surface area (Å²) in [7, 11) is 0. The van der Waals surface area contributed by atoms with Crippen LogP contribution in [0.15, 0.2) is 42.7 Å². The van der Waals surface area contributed by atoms with Gasteiger partial charge in [-0.3, -0.25) is 4.79 Å². The molecule has 0 saturated carbocycles. The number of H-pyrrole nitrogens is 1. The Bertz CT molecular complexity index is 795. The minimum atomic E-state index is -0.201. The highest BCUT2D eigenvalue weighted by molar-refractivity contribution is 6.31. The highest BCUT2D eigenvalue weighted by Gasteiger charge is 2.13. The second-order valence-corrected chi connectivity index (χ2v) is 4.95. The number of benzene rings is 2. The zero-order chi connectivity index (χ0) is 14.1. The van der Waals surface area contributed by atoms with Crippen LogP contribution in [0.5, 0.6) is 0 Å². The Morgan fingerprint density at radius 2 is 2.15 bits per heavy atom. The van der Waals surface area contributed by atoms with Crippen LogP contribution >= 0.6 is 11.6 Å². The Balaban J connectivity index is 1.97. The van der Waals surface area contributed by atoms with Crippen molar-refractivity contribution in [1.29, 1.82) is 0 Å². The number of aromatic nitrogens is 2. The fraction of sp³-hybridized carbons (Fsp3) is 0.0667. The second-order valence-electron chi connectivity index (χ2n) is 4.52. The van der Waals surface area contributed by atoms with Crippen LogP contribution in [0.25, 0.3) is 11.0 Å². The molecule has 2 aromatic carbocycles. The topological polar surface area (TPSA) is 57.8 Å². The molecule has 0 saturated heterocycles. The summed E-state index contributed by atoms with van der Waals surface area (Å²) in [5, 5.41) is 3.46. The van der Waals surface area contributed by atoms with Crippen molar-refractivity contribution in [2.75, 3.05) is 5.32 Å². The minimum Gasteiger partial charge on any atom is -0.345 e. The van der Waals surface area contributed by atoms with Gasteiger partial charge in [-0.2, -0.15) is 0 Å². The van der Waals surface area contributed by atoms with E-state index in [-0.39, 0.29) is 5.91 Å². The molecule has 0 fully saturated rings. The lowest BCUT2D eigenvalue weighted by atomic mass is 10.1. The van der Waals surface area contributed by atoms with E-state index in [1.165, 1.54) is 0 Å². The maximum absolute atomic E-state index is 12.4. The molecular weight excluding hydrogens is 274 g/mol. The summed E-state index contributed by atoms with van der Waals surface area (Å²) in [6.45, 7) is 1.92. The van der Waals surface area contributed by atoms with Crippen molar-refractivity contribution >= 4 is 34.2 Å². The van der Waals surface area contributed by atoms with Crippen LogP contribution in [-0.4, -0.2) is 15.9 Å². The van der Waals surface area contributed by atoms with Crippen molar-refractivity contribution in [2.24, 2.45) is 0 Å². The zero-order valence-electron chi connectivity index (χ0n) is 10.8. The lowest BCUT2D eigenvalue weighted by Gasteiger charge is -2.09. The molecular formula is C15H12ClN3O. The standard InChI is InChI=1S/C15H12ClN3O/c1-9-5-6-10(16)7-13(9)19-15(20)11-3-2-4-12-14(11)18-8-17-12/h2-8H,1H3,(H,17,18)(H,19,20). The molecule has 0 spiro atoms. The van der Waals surface area contributed by atoms with Crippen LogP contribution in [0, 0.1) is 6.92 Å². The van der Waals surface area contributed by atoms with Crippen molar-refractivity contribution in [3.05, 3.63) is 58.9 Å². The molecule has 3 aromatic rings. The van der Waals surface area contributed by atoms with Gasteiger partial charge in [0.15, 0.2) is 0 Å². The van der Waals surface area contributed by atoms with E-state index in [1.807, 2.05) is 25.1 Å². The first-order valence-electron chi connectivity index (χ1n) is 6.15.